The SMILES string of the molecule is Cc1ccc2c(c1)OC(=O)/C(=C/C(=O)O)N2. The molecule has 0 radical (unpaired) electrons. The lowest BCUT2D eigenvalue weighted by Crippen LogP contribution is -2.24. The summed E-state index contributed by atoms with van der Waals surface area (Å²) in [5.74, 6) is -1.48. The van der Waals surface area contributed by atoms with Crippen LogP contribution in [0.25, 0.3) is 0 Å². The Bertz CT molecular complexity index is 505. The number of anilines is 1. The van der Waals surface area contributed by atoms with Crippen LogP contribution in [0.2, 0.25) is 0 Å². The first-order valence-corrected chi connectivity index (χ1v) is 4.61. The number of hydrogen-bond donors (Lipinski definition) is 2. The van der Waals surface area contributed by atoms with Gasteiger partial charge in [0.2, 0.25) is 0 Å². The van der Waals surface area contributed by atoms with E-state index in [0.29, 0.717) is 11.4 Å². The van der Waals surface area contributed by atoms with Crippen LogP contribution in [0.15, 0.2) is 30.0 Å². The third kappa shape index (κ3) is 1.88. The van der Waals surface area contributed by atoms with Gasteiger partial charge in [-0.05, 0) is 24.6 Å². The lowest BCUT2D eigenvalue weighted by Gasteiger charge is -2.19. The number of aryl methyl sites for hydroxylation is 1. The number of ether oxygens (including phenoxy) is 1. The Morgan fingerprint density at radius 1 is 1.50 bits per heavy atom. The maximum Gasteiger partial charge on any atom is 0.360 e. The quantitative estimate of drug-likeness (QED) is 0.423. The molecule has 0 saturated heterocycles. The van der Waals surface area contributed by atoms with E-state index in [1.54, 1.807) is 12.1 Å². The Morgan fingerprint density at radius 3 is 2.94 bits per heavy atom. The number of carboxylic acid groups (broad SMARTS) is 1. The molecule has 0 aromatic heterocycles. The second kappa shape index (κ2) is 3.69. The average molecular weight is 219 g/mol. The number of rotatable bonds is 1. The maximum absolute atomic E-state index is 11.4. The zero-order chi connectivity index (χ0) is 11.7. The summed E-state index contributed by atoms with van der Waals surface area (Å²) in [4.78, 5) is 21.8. The molecule has 0 saturated carbocycles. The van der Waals surface area contributed by atoms with Crippen LogP contribution in [-0.4, -0.2) is 17.0 Å². The summed E-state index contributed by atoms with van der Waals surface area (Å²) in [6.45, 7) is 1.87. The van der Waals surface area contributed by atoms with Crippen LogP contribution in [0.3, 0.4) is 0 Å². The molecule has 5 heteroatoms. The molecule has 1 heterocycles. The number of benzene rings is 1. The number of nitrogens with one attached hydrogen (secondary N) is 1. The highest BCUT2D eigenvalue weighted by molar-refractivity contribution is 6.02. The molecular formula is C11H9NO4. The van der Waals surface area contributed by atoms with Crippen molar-refractivity contribution in [2.45, 2.75) is 6.92 Å². The van der Waals surface area contributed by atoms with Gasteiger partial charge in [-0.2, -0.15) is 0 Å². The minimum atomic E-state index is -1.20. The molecule has 0 unspecified atom stereocenters. The number of aliphatic carboxylic acids is 1. The predicted molar refractivity (Wildman–Crippen MR) is 56.2 cm³/mol. The highest BCUT2D eigenvalue weighted by Crippen LogP contribution is 2.31. The normalized spacial score (nSPS) is 16.3. The summed E-state index contributed by atoms with van der Waals surface area (Å²) in [5.41, 5.74) is 1.46. The summed E-state index contributed by atoms with van der Waals surface area (Å²) >= 11 is 0. The summed E-state index contributed by atoms with van der Waals surface area (Å²) in [6, 6.07) is 5.27. The van der Waals surface area contributed by atoms with Crippen molar-refractivity contribution in [3.63, 3.8) is 0 Å². The number of carboxylic acids is 1. The average Bonchev–Trinajstić information content (AvgIpc) is 2.19. The summed E-state index contributed by atoms with van der Waals surface area (Å²) in [7, 11) is 0. The van der Waals surface area contributed by atoms with Gasteiger partial charge in [0, 0.05) is 0 Å². The van der Waals surface area contributed by atoms with Crippen LogP contribution in [-0.2, 0) is 9.59 Å². The van der Waals surface area contributed by atoms with Crippen LogP contribution < -0.4 is 10.1 Å². The lowest BCUT2D eigenvalue weighted by molar-refractivity contribution is -0.133. The first kappa shape index (κ1) is 10.2. The molecule has 2 N–H and O–H groups in total. The highest BCUT2D eigenvalue weighted by Gasteiger charge is 2.22. The first-order chi connectivity index (χ1) is 7.56. The van der Waals surface area contributed by atoms with Crippen molar-refractivity contribution in [1.29, 1.82) is 0 Å². The predicted octanol–water partition coefficient (Wildman–Crippen LogP) is 1.29. The molecule has 0 amide bonds. The molecule has 82 valence electrons. The number of esters is 1. The molecule has 1 aromatic carbocycles. The molecule has 0 atom stereocenters. The molecule has 5 nitrogen and oxygen atoms in total. The van der Waals surface area contributed by atoms with Gasteiger partial charge in [-0.1, -0.05) is 6.07 Å². The number of hydrogen-bond acceptors (Lipinski definition) is 4. The van der Waals surface area contributed by atoms with Gasteiger partial charge in [-0.25, -0.2) is 9.59 Å². The van der Waals surface area contributed by atoms with Gasteiger partial charge in [0.25, 0.3) is 0 Å². The van der Waals surface area contributed by atoms with Crippen molar-refractivity contribution in [1.82, 2.24) is 0 Å². The Labute approximate surface area is 91.3 Å². The zero-order valence-corrected chi connectivity index (χ0v) is 8.48. The maximum atomic E-state index is 11.4. The van der Waals surface area contributed by atoms with Gasteiger partial charge < -0.3 is 15.2 Å². The highest BCUT2D eigenvalue weighted by atomic mass is 16.5. The fourth-order valence-electron chi connectivity index (χ4n) is 1.39. The van der Waals surface area contributed by atoms with Crippen molar-refractivity contribution in [3.05, 3.63) is 35.5 Å². The van der Waals surface area contributed by atoms with E-state index in [-0.39, 0.29) is 5.70 Å². The van der Waals surface area contributed by atoms with E-state index in [0.717, 1.165) is 11.6 Å². The smallest absolute Gasteiger partial charge is 0.360 e. The van der Waals surface area contributed by atoms with Crippen molar-refractivity contribution >= 4 is 17.6 Å². The zero-order valence-electron chi connectivity index (χ0n) is 8.48. The molecule has 1 aromatic rings. The minimum absolute atomic E-state index is 0.0798. The second-order valence-corrected chi connectivity index (χ2v) is 3.41. The van der Waals surface area contributed by atoms with E-state index >= 15 is 0 Å². The van der Waals surface area contributed by atoms with Crippen LogP contribution in [0.4, 0.5) is 5.69 Å². The van der Waals surface area contributed by atoms with Crippen LogP contribution >= 0.6 is 0 Å². The van der Waals surface area contributed by atoms with Crippen LogP contribution in [0.1, 0.15) is 5.56 Å². The summed E-state index contributed by atoms with van der Waals surface area (Å²) in [5, 5.41) is 11.3. The third-order valence-electron chi connectivity index (χ3n) is 2.10. The van der Waals surface area contributed by atoms with Gasteiger partial charge in [-0.15, -0.1) is 0 Å². The monoisotopic (exact) mass is 219 g/mol. The van der Waals surface area contributed by atoms with Crippen molar-refractivity contribution in [2.75, 3.05) is 5.32 Å². The molecule has 16 heavy (non-hydrogen) atoms. The van der Waals surface area contributed by atoms with Gasteiger partial charge >= 0.3 is 11.9 Å². The Balaban J connectivity index is 2.39. The molecule has 1 aliphatic heterocycles. The van der Waals surface area contributed by atoms with E-state index in [2.05, 4.69) is 5.32 Å². The molecule has 0 bridgehead atoms. The number of carbonyl (C=O) groups excluding carboxylic acids is 1. The molecular weight excluding hydrogens is 210 g/mol. The summed E-state index contributed by atoms with van der Waals surface area (Å²) in [6.07, 6.45) is 0.783. The second-order valence-electron chi connectivity index (χ2n) is 3.41. The number of carbonyl (C=O) groups is 2. The Kier molecular flexibility index (Phi) is 2.36. The van der Waals surface area contributed by atoms with Crippen LogP contribution in [0.5, 0.6) is 5.75 Å². The van der Waals surface area contributed by atoms with Crippen molar-refractivity contribution in [2.24, 2.45) is 0 Å². The van der Waals surface area contributed by atoms with Crippen LogP contribution in [0, 0.1) is 6.92 Å². The standard InChI is InChI=1S/C11H9NO4/c1-6-2-3-7-9(4-6)16-11(15)8(12-7)5-10(13)14/h2-5,12H,1H3,(H,13,14)/b8-5-. The van der Waals surface area contributed by atoms with E-state index < -0.39 is 11.9 Å². The van der Waals surface area contributed by atoms with Crippen molar-refractivity contribution < 1.29 is 19.4 Å². The Hall–Kier alpha value is -2.30. The van der Waals surface area contributed by atoms with E-state index in [1.807, 2.05) is 13.0 Å². The van der Waals surface area contributed by atoms with Gasteiger partial charge in [0.05, 0.1) is 11.8 Å². The topological polar surface area (TPSA) is 75.6 Å². The summed E-state index contributed by atoms with van der Waals surface area (Å²) < 4.78 is 4.99. The van der Waals surface area contributed by atoms with E-state index in [4.69, 9.17) is 9.84 Å². The van der Waals surface area contributed by atoms with Crippen molar-refractivity contribution in [3.8, 4) is 5.75 Å². The van der Waals surface area contributed by atoms with Gasteiger partial charge in [0.15, 0.2) is 5.75 Å². The fourth-order valence-corrected chi connectivity index (χ4v) is 1.39. The largest absolute Gasteiger partial charge is 0.478 e. The first-order valence-electron chi connectivity index (χ1n) is 4.61. The van der Waals surface area contributed by atoms with Gasteiger partial charge in [0.1, 0.15) is 5.70 Å². The molecule has 2 rings (SSSR count). The van der Waals surface area contributed by atoms with Gasteiger partial charge in [-0.3, -0.25) is 0 Å². The minimum Gasteiger partial charge on any atom is -0.478 e. The molecule has 1 aliphatic rings. The number of fused-ring (bicyclic) bond motifs is 1. The molecule has 0 spiro atoms. The fraction of sp³-hybridized carbons (Fsp3) is 0.0909. The molecule has 0 aliphatic carbocycles. The lowest BCUT2D eigenvalue weighted by atomic mass is 10.2. The third-order valence-corrected chi connectivity index (χ3v) is 2.10. The van der Waals surface area contributed by atoms with E-state index in [9.17, 15) is 9.59 Å². The Morgan fingerprint density at radius 2 is 2.25 bits per heavy atom. The molecule has 0 fully saturated rings. The van der Waals surface area contributed by atoms with E-state index in [1.165, 1.54) is 0 Å².